The number of hydrogen-bond acceptors (Lipinski definition) is 1. The lowest BCUT2D eigenvalue weighted by atomic mass is 9.48. The van der Waals surface area contributed by atoms with Crippen molar-refractivity contribution in [2.45, 2.75) is 44.9 Å². The van der Waals surface area contributed by atoms with Crippen molar-refractivity contribution in [2.24, 2.45) is 5.41 Å². The minimum absolute atomic E-state index is 0.0286. The lowest BCUT2D eigenvalue weighted by molar-refractivity contribution is -0.155. The number of carboxylic acids is 1. The van der Waals surface area contributed by atoms with Gasteiger partial charge in [-0.25, -0.2) is 8.78 Å². The van der Waals surface area contributed by atoms with Crippen LogP contribution in [0.3, 0.4) is 0 Å². The maximum atomic E-state index is 13.9. The summed E-state index contributed by atoms with van der Waals surface area (Å²) in [7, 11) is 0. The third-order valence-electron chi connectivity index (χ3n) is 4.71. The maximum Gasteiger partial charge on any atom is 0.314 e. The van der Waals surface area contributed by atoms with E-state index in [4.69, 9.17) is 0 Å². The van der Waals surface area contributed by atoms with E-state index in [1.807, 2.05) is 13.8 Å². The maximum absolute atomic E-state index is 13.9. The van der Waals surface area contributed by atoms with Crippen LogP contribution in [0.4, 0.5) is 8.78 Å². The molecule has 0 saturated heterocycles. The van der Waals surface area contributed by atoms with E-state index in [-0.39, 0.29) is 11.0 Å². The minimum Gasteiger partial charge on any atom is -0.481 e. The van der Waals surface area contributed by atoms with Gasteiger partial charge in [0.1, 0.15) is 11.6 Å². The van der Waals surface area contributed by atoms with Crippen LogP contribution in [0.15, 0.2) is 18.2 Å². The second-order valence-electron chi connectivity index (χ2n) is 5.57. The number of aliphatic carboxylic acids is 1. The third kappa shape index (κ3) is 2.03. The molecule has 0 amide bonds. The molecular formula is C15H18F2O2. The van der Waals surface area contributed by atoms with Gasteiger partial charge in [0.05, 0.1) is 5.41 Å². The van der Waals surface area contributed by atoms with E-state index in [9.17, 15) is 18.7 Å². The predicted octanol–water partition coefficient (Wildman–Crippen LogP) is 3.89. The standard InChI is InChI=1S/C15H18F2O2/c1-3-14(4-2)8-15(9-14,13(18)19)11-6-5-10(16)7-12(11)17/h5-7H,3-4,8-9H2,1-2H3,(H,18,19). The Kier molecular flexibility index (Phi) is 3.37. The molecule has 0 heterocycles. The van der Waals surface area contributed by atoms with E-state index >= 15 is 0 Å². The Labute approximate surface area is 111 Å². The summed E-state index contributed by atoms with van der Waals surface area (Å²) in [5.41, 5.74) is -1.11. The van der Waals surface area contributed by atoms with Crippen LogP contribution in [-0.4, -0.2) is 11.1 Å². The van der Waals surface area contributed by atoms with Crippen LogP contribution in [0.5, 0.6) is 0 Å². The summed E-state index contributed by atoms with van der Waals surface area (Å²) in [4.78, 5) is 11.6. The zero-order chi connectivity index (χ0) is 14.3. The van der Waals surface area contributed by atoms with Gasteiger partial charge in [0.2, 0.25) is 0 Å². The van der Waals surface area contributed by atoms with Gasteiger partial charge in [-0.1, -0.05) is 32.8 Å². The van der Waals surface area contributed by atoms with E-state index in [0.717, 1.165) is 25.0 Å². The summed E-state index contributed by atoms with van der Waals surface area (Å²) in [6, 6.07) is 3.16. The Balaban J connectivity index is 2.41. The van der Waals surface area contributed by atoms with E-state index in [1.54, 1.807) is 0 Å². The zero-order valence-corrected chi connectivity index (χ0v) is 11.2. The molecule has 0 aliphatic heterocycles. The number of hydrogen-bond donors (Lipinski definition) is 1. The molecule has 0 atom stereocenters. The van der Waals surface area contributed by atoms with E-state index in [2.05, 4.69) is 0 Å². The summed E-state index contributed by atoms with van der Waals surface area (Å²) in [5, 5.41) is 9.49. The Morgan fingerprint density at radius 1 is 1.26 bits per heavy atom. The minimum atomic E-state index is -1.19. The molecule has 1 aromatic carbocycles. The van der Waals surface area contributed by atoms with Crippen LogP contribution in [-0.2, 0) is 10.2 Å². The molecule has 0 spiro atoms. The van der Waals surface area contributed by atoms with Crippen LogP contribution >= 0.6 is 0 Å². The first-order valence-corrected chi connectivity index (χ1v) is 6.58. The van der Waals surface area contributed by atoms with Crippen LogP contribution in [0, 0.1) is 17.0 Å². The number of benzene rings is 1. The van der Waals surface area contributed by atoms with Gasteiger partial charge in [-0.3, -0.25) is 4.79 Å². The molecule has 104 valence electrons. The smallest absolute Gasteiger partial charge is 0.314 e. The van der Waals surface area contributed by atoms with Gasteiger partial charge in [0.15, 0.2) is 0 Å². The lowest BCUT2D eigenvalue weighted by Crippen LogP contribution is -2.54. The molecule has 4 heteroatoms. The van der Waals surface area contributed by atoms with Crippen molar-refractivity contribution < 1.29 is 18.7 Å². The van der Waals surface area contributed by atoms with Gasteiger partial charge < -0.3 is 5.11 Å². The highest BCUT2D eigenvalue weighted by Crippen LogP contribution is 2.59. The molecule has 0 unspecified atom stereocenters. The Morgan fingerprint density at radius 2 is 1.84 bits per heavy atom. The number of halogens is 2. The van der Waals surface area contributed by atoms with Crippen molar-refractivity contribution in [3.05, 3.63) is 35.4 Å². The monoisotopic (exact) mass is 268 g/mol. The molecule has 1 saturated carbocycles. The molecule has 1 aliphatic carbocycles. The largest absolute Gasteiger partial charge is 0.481 e. The first kappa shape index (κ1) is 14.0. The summed E-state index contributed by atoms with van der Waals surface area (Å²) in [6.45, 7) is 4.05. The van der Waals surface area contributed by atoms with Crippen molar-refractivity contribution in [3.63, 3.8) is 0 Å². The molecule has 19 heavy (non-hydrogen) atoms. The summed E-state index contributed by atoms with van der Waals surface area (Å²) < 4.78 is 26.8. The van der Waals surface area contributed by atoms with Crippen LogP contribution in [0.1, 0.15) is 45.1 Å². The van der Waals surface area contributed by atoms with Gasteiger partial charge >= 0.3 is 5.97 Å². The zero-order valence-electron chi connectivity index (χ0n) is 11.2. The average molecular weight is 268 g/mol. The van der Waals surface area contributed by atoms with Crippen molar-refractivity contribution in [3.8, 4) is 0 Å². The van der Waals surface area contributed by atoms with Crippen molar-refractivity contribution in [1.29, 1.82) is 0 Å². The normalized spacial score (nSPS) is 19.8. The SMILES string of the molecule is CCC1(CC)CC(C(=O)O)(c2ccc(F)cc2F)C1. The fourth-order valence-electron chi connectivity index (χ4n) is 3.31. The molecule has 2 rings (SSSR count). The molecule has 0 radical (unpaired) electrons. The fourth-order valence-corrected chi connectivity index (χ4v) is 3.31. The number of rotatable bonds is 4. The highest BCUT2D eigenvalue weighted by molar-refractivity contribution is 5.83. The summed E-state index contributed by atoms with van der Waals surface area (Å²) >= 11 is 0. The molecule has 1 aliphatic rings. The highest BCUT2D eigenvalue weighted by atomic mass is 19.1. The van der Waals surface area contributed by atoms with Gasteiger partial charge in [-0.2, -0.15) is 0 Å². The van der Waals surface area contributed by atoms with Gasteiger partial charge in [0.25, 0.3) is 0 Å². The summed E-state index contributed by atoms with van der Waals surface area (Å²) in [6.07, 6.45) is 2.60. The molecule has 0 bridgehead atoms. The van der Waals surface area contributed by atoms with Crippen LogP contribution in [0.2, 0.25) is 0 Å². The van der Waals surface area contributed by atoms with E-state index < -0.39 is 23.0 Å². The average Bonchev–Trinajstić information content (AvgIpc) is 2.31. The van der Waals surface area contributed by atoms with Crippen molar-refractivity contribution in [2.75, 3.05) is 0 Å². The Morgan fingerprint density at radius 3 is 2.26 bits per heavy atom. The lowest BCUT2D eigenvalue weighted by Gasteiger charge is -2.54. The van der Waals surface area contributed by atoms with Crippen LogP contribution < -0.4 is 0 Å². The van der Waals surface area contributed by atoms with Gasteiger partial charge in [0, 0.05) is 11.6 Å². The molecule has 1 aromatic rings. The molecule has 2 nitrogen and oxygen atoms in total. The van der Waals surface area contributed by atoms with Crippen LogP contribution in [0.25, 0.3) is 0 Å². The third-order valence-corrected chi connectivity index (χ3v) is 4.71. The quantitative estimate of drug-likeness (QED) is 0.899. The predicted molar refractivity (Wildman–Crippen MR) is 67.9 cm³/mol. The molecular weight excluding hydrogens is 250 g/mol. The first-order valence-electron chi connectivity index (χ1n) is 6.58. The van der Waals surface area contributed by atoms with Crippen molar-refractivity contribution in [1.82, 2.24) is 0 Å². The Hall–Kier alpha value is -1.45. The Bertz CT molecular complexity index is 499. The molecule has 1 fully saturated rings. The van der Waals surface area contributed by atoms with E-state index in [1.165, 1.54) is 6.07 Å². The molecule has 1 N–H and O–H groups in total. The second-order valence-corrected chi connectivity index (χ2v) is 5.57. The van der Waals surface area contributed by atoms with E-state index in [0.29, 0.717) is 12.8 Å². The van der Waals surface area contributed by atoms with Gasteiger partial charge in [-0.05, 0) is 24.3 Å². The van der Waals surface area contributed by atoms with Gasteiger partial charge in [-0.15, -0.1) is 0 Å². The highest BCUT2D eigenvalue weighted by Gasteiger charge is 2.59. The number of carbonyl (C=O) groups is 1. The molecule has 0 aromatic heterocycles. The second kappa shape index (κ2) is 4.58. The first-order chi connectivity index (χ1) is 8.89. The number of carboxylic acid groups (broad SMARTS) is 1. The topological polar surface area (TPSA) is 37.3 Å². The summed E-state index contributed by atoms with van der Waals surface area (Å²) in [5.74, 6) is -2.46. The van der Waals surface area contributed by atoms with Crippen molar-refractivity contribution >= 4 is 5.97 Å². The fraction of sp³-hybridized carbons (Fsp3) is 0.533.